The maximum atomic E-state index is 5.91. The van der Waals surface area contributed by atoms with E-state index in [-0.39, 0.29) is 5.41 Å². The minimum Gasteiger partial charge on any atom is -0.493 e. The summed E-state index contributed by atoms with van der Waals surface area (Å²) >= 11 is 4.43. The molecule has 0 N–H and O–H groups in total. The van der Waals surface area contributed by atoms with E-state index in [9.17, 15) is 0 Å². The quantitative estimate of drug-likeness (QED) is 0.707. The highest BCUT2D eigenvalue weighted by Gasteiger charge is 2.23. The summed E-state index contributed by atoms with van der Waals surface area (Å²) in [4.78, 5) is 0. The fourth-order valence-corrected chi connectivity index (χ4v) is 2.55. The van der Waals surface area contributed by atoms with Crippen LogP contribution < -0.4 is 4.74 Å². The van der Waals surface area contributed by atoms with Gasteiger partial charge in [-0.25, -0.2) is 0 Å². The van der Waals surface area contributed by atoms with Gasteiger partial charge in [0.05, 0.1) is 6.61 Å². The summed E-state index contributed by atoms with van der Waals surface area (Å²) in [6, 6.07) is 8.52. The summed E-state index contributed by atoms with van der Waals surface area (Å²) in [5.74, 6) is 2.90. The van der Waals surface area contributed by atoms with Gasteiger partial charge in [-0.2, -0.15) is 12.6 Å². The molecule has 0 aliphatic rings. The highest BCUT2D eigenvalue weighted by atomic mass is 32.1. The summed E-state index contributed by atoms with van der Waals surface area (Å²) in [6.07, 6.45) is 1.17. The Bertz CT molecular complexity index is 364. The summed E-state index contributed by atoms with van der Waals surface area (Å²) in [5.41, 5.74) is 1.62. The molecule has 0 bridgehead atoms. The zero-order valence-electron chi connectivity index (χ0n) is 12.9. The molecule has 1 aromatic rings. The third-order valence-electron chi connectivity index (χ3n) is 3.96. The van der Waals surface area contributed by atoms with E-state index in [2.05, 4.69) is 71.5 Å². The molecule has 108 valence electrons. The first-order chi connectivity index (χ1) is 8.88. The maximum Gasteiger partial charge on any atom is 0.119 e. The van der Waals surface area contributed by atoms with E-state index in [0.717, 1.165) is 18.1 Å². The van der Waals surface area contributed by atoms with Crippen LogP contribution in [0.15, 0.2) is 24.3 Å². The number of hydrogen-bond acceptors (Lipinski definition) is 2. The summed E-state index contributed by atoms with van der Waals surface area (Å²) in [5, 5.41) is 0. The van der Waals surface area contributed by atoms with Gasteiger partial charge in [0.15, 0.2) is 0 Å². The van der Waals surface area contributed by atoms with E-state index in [4.69, 9.17) is 4.74 Å². The van der Waals surface area contributed by atoms with Crippen molar-refractivity contribution in [2.45, 2.75) is 47.0 Å². The van der Waals surface area contributed by atoms with Gasteiger partial charge in [-0.3, -0.25) is 0 Å². The van der Waals surface area contributed by atoms with Gasteiger partial charge < -0.3 is 4.74 Å². The molecule has 19 heavy (non-hydrogen) atoms. The monoisotopic (exact) mass is 280 g/mol. The number of hydrogen-bond donors (Lipinski definition) is 1. The highest BCUT2D eigenvalue weighted by molar-refractivity contribution is 7.80. The minimum atomic E-state index is 0.235. The largest absolute Gasteiger partial charge is 0.493 e. The van der Waals surface area contributed by atoms with Gasteiger partial charge in [-0.1, -0.05) is 46.8 Å². The van der Waals surface area contributed by atoms with Gasteiger partial charge in [-0.15, -0.1) is 0 Å². The van der Waals surface area contributed by atoms with Crippen LogP contribution in [0.2, 0.25) is 0 Å². The van der Waals surface area contributed by atoms with Crippen LogP contribution in [-0.2, 0) is 0 Å². The van der Waals surface area contributed by atoms with Crippen molar-refractivity contribution >= 4 is 12.6 Å². The molecule has 0 heterocycles. The lowest BCUT2D eigenvalue weighted by atomic mass is 9.82. The van der Waals surface area contributed by atoms with E-state index in [1.54, 1.807) is 0 Å². The molecule has 0 saturated heterocycles. The molecule has 0 aromatic heterocycles. The third-order valence-corrected chi connectivity index (χ3v) is 4.40. The van der Waals surface area contributed by atoms with Gasteiger partial charge in [0.1, 0.15) is 5.75 Å². The van der Waals surface area contributed by atoms with Crippen LogP contribution in [0.1, 0.15) is 52.5 Å². The molecule has 0 radical (unpaired) electrons. The molecule has 0 aliphatic heterocycles. The highest BCUT2D eigenvalue weighted by Crippen LogP contribution is 2.28. The molecule has 1 nitrogen and oxygen atoms in total. The Hall–Kier alpha value is -0.630. The smallest absolute Gasteiger partial charge is 0.119 e. The van der Waals surface area contributed by atoms with E-state index in [1.807, 2.05) is 0 Å². The second-order valence-electron chi connectivity index (χ2n) is 6.43. The molecule has 0 aliphatic carbocycles. The fraction of sp³-hybridized carbons (Fsp3) is 0.647. The molecule has 1 rings (SSSR count). The van der Waals surface area contributed by atoms with Gasteiger partial charge in [0, 0.05) is 5.92 Å². The van der Waals surface area contributed by atoms with Crippen LogP contribution in [-0.4, -0.2) is 12.4 Å². The standard InChI is InChI=1S/C17H28OS/c1-6-13(2)14-7-9-16(10-8-14)18-11-15(12-19)17(3,4)5/h7-10,13,15,19H,6,11-12H2,1-5H3. The predicted octanol–water partition coefficient (Wildman–Crippen LogP) is 5.17. The molecule has 2 heteroatoms. The average molecular weight is 280 g/mol. The first kappa shape index (κ1) is 16.4. The zero-order valence-corrected chi connectivity index (χ0v) is 13.8. The van der Waals surface area contributed by atoms with Gasteiger partial charge in [0.25, 0.3) is 0 Å². The topological polar surface area (TPSA) is 9.23 Å². The zero-order chi connectivity index (χ0) is 14.5. The van der Waals surface area contributed by atoms with Crippen LogP contribution in [0.25, 0.3) is 0 Å². The van der Waals surface area contributed by atoms with Crippen LogP contribution in [0, 0.1) is 11.3 Å². The predicted molar refractivity (Wildman–Crippen MR) is 87.4 cm³/mol. The van der Waals surface area contributed by atoms with E-state index < -0.39 is 0 Å². The molecule has 2 atom stereocenters. The van der Waals surface area contributed by atoms with E-state index >= 15 is 0 Å². The second kappa shape index (κ2) is 7.23. The van der Waals surface area contributed by atoms with Crippen LogP contribution >= 0.6 is 12.6 Å². The van der Waals surface area contributed by atoms with Crippen molar-refractivity contribution in [3.05, 3.63) is 29.8 Å². The molecule has 0 amide bonds. The number of benzene rings is 1. The number of thiol groups is 1. The molecule has 1 aromatic carbocycles. The van der Waals surface area contributed by atoms with Crippen molar-refractivity contribution < 1.29 is 4.74 Å². The lowest BCUT2D eigenvalue weighted by molar-refractivity contribution is 0.165. The SMILES string of the molecule is CCC(C)c1ccc(OCC(CS)C(C)(C)C)cc1. The molecule has 0 saturated carbocycles. The molecular formula is C17H28OS. The van der Waals surface area contributed by atoms with Crippen LogP contribution in [0.5, 0.6) is 5.75 Å². The minimum absolute atomic E-state index is 0.235. The van der Waals surface area contributed by atoms with Crippen molar-refractivity contribution in [2.24, 2.45) is 11.3 Å². The van der Waals surface area contributed by atoms with Gasteiger partial charge in [-0.05, 0) is 41.2 Å². The first-order valence-electron chi connectivity index (χ1n) is 7.22. The van der Waals surface area contributed by atoms with Gasteiger partial charge >= 0.3 is 0 Å². The Kier molecular flexibility index (Phi) is 6.25. The Morgan fingerprint density at radius 3 is 2.16 bits per heavy atom. The number of ether oxygens (including phenoxy) is 1. The fourth-order valence-electron chi connectivity index (χ4n) is 1.90. The third kappa shape index (κ3) is 5.10. The van der Waals surface area contributed by atoms with Gasteiger partial charge in [0.2, 0.25) is 0 Å². The Balaban J connectivity index is 2.59. The summed E-state index contributed by atoms with van der Waals surface area (Å²) in [7, 11) is 0. The van der Waals surface area contributed by atoms with E-state index in [0.29, 0.717) is 11.8 Å². The molecule has 2 unspecified atom stereocenters. The summed E-state index contributed by atoms with van der Waals surface area (Å²) in [6.45, 7) is 11.9. The summed E-state index contributed by atoms with van der Waals surface area (Å²) < 4.78 is 5.91. The molecule has 0 spiro atoms. The lowest BCUT2D eigenvalue weighted by Crippen LogP contribution is -2.28. The van der Waals surface area contributed by atoms with Crippen molar-refractivity contribution in [2.75, 3.05) is 12.4 Å². The molecule has 0 fully saturated rings. The Labute approximate surface area is 124 Å². The van der Waals surface area contributed by atoms with Crippen molar-refractivity contribution in [3.63, 3.8) is 0 Å². The van der Waals surface area contributed by atoms with Crippen LogP contribution in [0.4, 0.5) is 0 Å². The Morgan fingerprint density at radius 1 is 1.16 bits per heavy atom. The Morgan fingerprint density at radius 2 is 1.74 bits per heavy atom. The normalized spacial score (nSPS) is 15.1. The van der Waals surface area contributed by atoms with Crippen molar-refractivity contribution in [1.82, 2.24) is 0 Å². The van der Waals surface area contributed by atoms with Crippen molar-refractivity contribution in [1.29, 1.82) is 0 Å². The number of rotatable bonds is 6. The lowest BCUT2D eigenvalue weighted by Gasteiger charge is -2.29. The molecular weight excluding hydrogens is 252 g/mol. The average Bonchev–Trinajstić information content (AvgIpc) is 2.37. The van der Waals surface area contributed by atoms with Crippen LogP contribution in [0.3, 0.4) is 0 Å². The first-order valence-corrected chi connectivity index (χ1v) is 7.85. The van der Waals surface area contributed by atoms with E-state index in [1.165, 1.54) is 12.0 Å². The maximum absolute atomic E-state index is 5.91. The second-order valence-corrected chi connectivity index (χ2v) is 6.80. The van der Waals surface area contributed by atoms with Crippen molar-refractivity contribution in [3.8, 4) is 5.75 Å².